The number of aromatic nitrogens is 1. The number of fused-ring (bicyclic) bond motifs is 1. The maximum atomic E-state index is 2.30. The smallest absolute Gasteiger partial charge is 0.198 e. The molecule has 0 aliphatic carbocycles. The van der Waals surface area contributed by atoms with Crippen molar-refractivity contribution in [2.24, 2.45) is 0 Å². The quantitative estimate of drug-likeness (QED) is 0.604. The molecule has 0 atom stereocenters. The summed E-state index contributed by atoms with van der Waals surface area (Å²) in [5.74, 6) is 0. The summed E-state index contributed by atoms with van der Waals surface area (Å²) < 4.78 is 3.68. The predicted molar refractivity (Wildman–Crippen MR) is 77.9 cm³/mol. The van der Waals surface area contributed by atoms with Crippen molar-refractivity contribution >= 4 is 21.4 Å². The average Bonchev–Trinajstić information content (AvgIpc) is 2.76. The number of hydrogen-bond donors (Lipinski definition) is 0. The van der Waals surface area contributed by atoms with Gasteiger partial charge in [0.2, 0.25) is 5.69 Å². The molecule has 0 spiro atoms. The normalized spacial score (nSPS) is 11.0. The van der Waals surface area contributed by atoms with Gasteiger partial charge >= 0.3 is 0 Å². The summed E-state index contributed by atoms with van der Waals surface area (Å²) in [6, 6.07) is 15.1. The second-order valence-corrected chi connectivity index (χ2v) is 5.48. The molecule has 1 aromatic carbocycles. The Morgan fingerprint density at radius 1 is 1.06 bits per heavy atom. The maximum absolute atomic E-state index is 2.30. The number of thiophene rings is 1. The van der Waals surface area contributed by atoms with Crippen molar-refractivity contribution in [1.29, 1.82) is 0 Å². The van der Waals surface area contributed by atoms with Gasteiger partial charge in [-0.25, -0.2) is 0 Å². The zero-order valence-electron chi connectivity index (χ0n) is 10.7. The third kappa shape index (κ3) is 1.73. The zero-order valence-corrected chi connectivity index (χ0v) is 11.5. The summed E-state index contributed by atoms with van der Waals surface area (Å²) in [5.41, 5.74) is 2.71. The second-order valence-electron chi connectivity index (χ2n) is 4.42. The molecule has 2 aromatic heterocycles. The Kier molecular flexibility index (Phi) is 2.88. The molecular formula is C16H16NS+. The molecule has 0 saturated heterocycles. The van der Waals surface area contributed by atoms with Crippen LogP contribution in [-0.2, 0) is 6.54 Å². The van der Waals surface area contributed by atoms with Crippen molar-refractivity contribution in [2.45, 2.75) is 20.4 Å². The number of hydrogen-bond acceptors (Lipinski definition) is 1. The second kappa shape index (κ2) is 4.54. The van der Waals surface area contributed by atoms with E-state index in [2.05, 4.69) is 67.1 Å². The Morgan fingerprint density at radius 2 is 1.83 bits per heavy atom. The van der Waals surface area contributed by atoms with Crippen LogP contribution in [0.3, 0.4) is 0 Å². The van der Waals surface area contributed by atoms with Crippen molar-refractivity contribution in [3.8, 4) is 10.6 Å². The lowest BCUT2D eigenvalue weighted by molar-refractivity contribution is -0.682. The predicted octanol–water partition coefficient (Wildman–Crippen LogP) is 4.18. The highest BCUT2D eigenvalue weighted by Gasteiger charge is 2.17. The van der Waals surface area contributed by atoms with Crippen LogP contribution in [-0.4, -0.2) is 0 Å². The number of pyridine rings is 1. The summed E-state index contributed by atoms with van der Waals surface area (Å²) in [7, 11) is 0. The largest absolute Gasteiger partial charge is 0.222 e. The Bertz CT molecular complexity index is 697. The molecule has 2 heteroatoms. The van der Waals surface area contributed by atoms with Crippen LogP contribution in [0.4, 0.5) is 0 Å². The van der Waals surface area contributed by atoms with Crippen molar-refractivity contribution < 1.29 is 4.57 Å². The first-order chi connectivity index (χ1) is 8.81. The summed E-state index contributed by atoms with van der Waals surface area (Å²) >= 11 is 1.89. The van der Waals surface area contributed by atoms with Crippen LogP contribution in [0.1, 0.15) is 12.5 Å². The fraction of sp³-hybridized carbons (Fsp3) is 0.188. The highest BCUT2D eigenvalue weighted by Crippen LogP contribution is 2.36. The molecule has 3 rings (SSSR count). The highest BCUT2D eigenvalue weighted by molar-refractivity contribution is 7.22. The molecule has 0 N–H and O–H groups in total. The standard InChI is InChI=1S/C16H16NS/c1-3-17-11-7-6-9-14(17)16-12(2)13-8-4-5-10-15(13)18-16/h4-11H,3H2,1-2H3/q+1. The molecule has 0 radical (unpaired) electrons. The average molecular weight is 254 g/mol. The van der Waals surface area contributed by atoms with E-state index in [1.165, 1.54) is 26.2 Å². The molecule has 0 aliphatic heterocycles. The first-order valence-electron chi connectivity index (χ1n) is 6.28. The van der Waals surface area contributed by atoms with E-state index in [-0.39, 0.29) is 0 Å². The van der Waals surface area contributed by atoms with Gasteiger partial charge in [-0.3, -0.25) is 0 Å². The van der Waals surface area contributed by atoms with Gasteiger partial charge in [-0.15, -0.1) is 11.3 Å². The molecular weight excluding hydrogens is 238 g/mol. The van der Waals surface area contributed by atoms with E-state index in [4.69, 9.17) is 0 Å². The number of rotatable bonds is 2. The van der Waals surface area contributed by atoms with Gasteiger partial charge in [0.25, 0.3) is 0 Å². The minimum absolute atomic E-state index is 1.00. The fourth-order valence-corrected chi connectivity index (χ4v) is 3.63. The third-order valence-electron chi connectivity index (χ3n) is 3.36. The van der Waals surface area contributed by atoms with E-state index in [9.17, 15) is 0 Å². The molecule has 0 aliphatic rings. The lowest BCUT2D eigenvalue weighted by Gasteiger charge is -2.00. The van der Waals surface area contributed by atoms with Crippen LogP contribution in [0.5, 0.6) is 0 Å². The summed E-state index contributed by atoms with van der Waals surface area (Å²) in [5, 5.41) is 1.38. The maximum Gasteiger partial charge on any atom is 0.222 e. The first-order valence-corrected chi connectivity index (χ1v) is 7.10. The van der Waals surface area contributed by atoms with Gasteiger partial charge in [0, 0.05) is 16.8 Å². The van der Waals surface area contributed by atoms with Crippen molar-refractivity contribution in [3.63, 3.8) is 0 Å². The van der Waals surface area contributed by atoms with Crippen LogP contribution < -0.4 is 4.57 Å². The fourth-order valence-electron chi connectivity index (χ4n) is 2.38. The van der Waals surface area contributed by atoms with Crippen LogP contribution in [0.25, 0.3) is 20.7 Å². The number of benzene rings is 1. The molecule has 0 saturated carbocycles. The van der Waals surface area contributed by atoms with Crippen LogP contribution in [0.15, 0.2) is 48.7 Å². The zero-order chi connectivity index (χ0) is 12.5. The van der Waals surface area contributed by atoms with Crippen molar-refractivity contribution in [1.82, 2.24) is 0 Å². The lowest BCUT2D eigenvalue weighted by atomic mass is 10.1. The van der Waals surface area contributed by atoms with Gasteiger partial charge < -0.3 is 0 Å². The minimum atomic E-state index is 1.00. The Labute approximate surface area is 111 Å². The molecule has 0 amide bonds. The van der Waals surface area contributed by atoms with E-state index < -0.39 is 0 Å². The van der Waals surface area contributed by atoms with E-state index in [1.807, 2.05) is 11.3 Å². The van der Waals surface area contributed by atoms with Crippen molar-refractivity contribution in [3.05, 3.63) is 54.2 Å². The summed E-state index contributed by atoms with van der Waals surface area (Å²) in [6.07, 6.45) is 2.15. The van der Waals surface area contributed by atoms with Gasteiger partial charge in [-0.2, -0.15) is 4.57 Å². The Balaban J connectivity index is 2.28. The number of nitrogens with zero attached hydrogens (tertiary/aromatic N) is 1. The third-order valence-corrected chi connectivity index (χ3v) is 4.65. The van der Waals surface area contributed by atoms with Gasteiger partial charge in [0.1, 0.15) is 11.4 Å². The molecule has 0 bridgehead atoms. The molecule has 1 nitrogen and oxygen atoms in total. The van der Waals surface area contributed by atoms with Gasteiger partial charge in [0.15, 0.2) is 6.20 Å². The SMILES string of the molecule is CC[n+]1ccccc1-c1sc2ccccc2c1C. The van der Waals surface area contributed by atoms with Gasteiger partial charge in [0.05, 0.1) is 0 Å². The van der Waals surface area contributed by atoms with E-state index in [0.29, 0.717) is 0 Å². The van der Waals surface area contributed by atoms with E-state index >= 15 is 0 Å². The van der Waals surface area contributed by atoms with Gasteiger partial charge in [-0.05, 0) is 36.9 Å². The van der Waals surface area contributed by atoms with Crippen LogP contribution >= 0.6 is 11.3 Å². The molecule has 90 valence electrons. The van der Waals surface area contributed by atoms with Gasteiger partial charge in [-0.1, -0.05) is 18.2 Å². The lowest BCUT2D eigenvalue weighted by Crippen LogP contribution is -2.34. The number of aryl methyl sites for hydroxylation is 2. The minimum Gasteiger partial charge on any atom is -0.198 e. The van der Waals surface area contributed by atoms with Crippen LogP contribution in [0, 0.1) is 6.92 Å². The monoisotopic (exact) mass is 254 g/mol. The highest BCUT2D eigenvalue weighted by atomic mass is 32.1. The topological polar surface area (TPSA) is 3.88 Å². The Hall–Kier alpha value is -1.67. The summed E-state index contributed by atoms with van der Waals surface area (Å²) in [4.78, 5) is 1.39. The van der Waals surface area contributed by atoms with E-state index in [0.717, 1.165) is 6.54 Å². The molecule has 18 heavy (non-hydrogen) atoms. The van der Waals surface area contributed by atoms with E-state index in [1.54, 1.807) is 0 Å². The molecule has 3 aromatic rings. The summed E-state index contributed by atoms with van der Waals surface area (Å²) in [6.45, 7) is 5.41. The molecule has 2 heterocycles. The Morgan fingerprint density at radius 3 is 2.61 bits per heavy atom. The molecule has 0 fully saturated rings. The molecule has 0 unspecified atom stereocenters. The first kappa shape index (κ1) is 11.4. The van der Waals surface area contributed by atoms with Crippen molar-refractivity contribution in [2.75, 3.05) is 0 Å². The van der Waals surface area contributed by atoms with Crippen LogP contribution in [0.2, 0.25) is 0 Å².